The summed E-state index contributed by atoms with van der Waals surface area (Å²) in [5, 5.41) is 5.35. The lowest BCUT2D eigenvalue weighted by Crippen LogP contribution is -2.28. The van der Waals surface area contributed by atoms with Crippen molar-refractivity contribution in [1.82, 2.24) is 14.9 Å². The van der Waals surface area contributed by atoms with E-state index in [-0.39, 0.29) is 5.56 Å². The van der Waals surface area contributed by atoms with E-state index in [4.69, 9.17) is 4.74 Å². The van der Waals surface area contributed by atoms with Gasteiger partial charge in [0, 0.05) is 46.1 Å². The van der Waals surface area contributed by atoms with Gasteiger partial charge in [-0.15, -0.1) is 11.3 Å². The third-order valence-electron chi connectivity index (χ3n) is 2.72. The zero-order valence-corrected chi connectivity index (χ0v) is 13.8. The van der Waals surface area contributed by atoms with Crippen LogP contribution in [0.5, 0.6) is 6.01 Å². The number of nitrogens with one attached hydrogen (secondary N) is 1. The van der Waals surface area contributed by atoms with Crippen LogP contribution >= 0.6 is 27.3 Å². The summed E-state index contributed by atoms with van der Waals surface area (Å²) in [6.07, 6.45) is 0. The number of aromatic nitrogens is 2. The Morgan fingerprint density at radius 1 is 1.50 bits per heavy atom. The van der Waals surface area contributed by atoms with E-state index in [9.17, 15) is 4.79 Å². The van der Waals surface area contributed by atoms with Crippen LogP contribution in [0.1, 0.15) is 10.6 Å². The number of ether oxygens (including phenoxy) is 1. The molecule has 2 rings (SSSR count). The van der Waals surface area contributed by atoms with E-state index in [1.165, 1.54) is 22.6 Å². The van der Waals surface area contributed by atoms with Crippen LogP contribution in [0.15, 0.2) is 26.8 Å². The first-order chi connectivity index (χ1) is 9.60. The molecule has 2 heterocycles. The Morgan fingerprint density at radius 3 is 2.95 bits per heavy atom. The molecule has 0 aromatic carbocycles. The summed E-state index contributed by atoms with van der Waals surface area (Å²) in [4.78, 5) is 17.3. The summed E-state index contributed by atoms with van der Waals surface area (Å²) in [6, 6.07) is 3.95. The largest absolute Gasteiger partial charge is 0.468 e. The first-order valence-electron chi connectivity index (χ1n) is 6.16. The zero-order valence-electron chi connectivity index (χ0n) is 11.4. The Kier molecular flexibility index (Phi) is 5.33. The van der Waals surface area contributed by atoms with Gasteiger partial charge < -0.3 is 10.1 Å². The van der Waals surface area contributed by atoms with Crippen molar-refractivity contribution in [2.24, 2.45) is 0 Å². The highest BCUT2D eigenvalue weighted by atomic mass is 79.9. The summed E-state index contributed by atoms with van der Waals surface area (Å²) < 4.78 is 7.77. The van der Waals surface area contributed by atoms with Crippen LogP contribution in [0, 0.1) is 6.92 Å². The highest BCUT2D eigenvalue weighted by Crippen LogP contribution is 2.19. The average Bonchev–Trinajstić information content (AvgIpc) is 2.81. The lowest BCUT2D eigenvalue weighted by atomic mass is 10.4. The Balaban J connectivity index is 1.92. The van der Waals surface area contributed by atoms with Crippen molar-refractivity contribution in [2.75, 3.05) is 13.7 Å². The molecule has 2 aromatic rings. The highest BCUT2D eigenvalue weighted by molar-refractivity contribution is 9.10. The molecule has 0 atom stereocenters. The maximum Gasteiger partial charge on any atom is 0.299 e. The maximum atomic E-state index is 11.9. The fraction of sp³-hybridized carbons (Fsp3) is 0.385. The van der Waals surface area contributed by atoms with E-state index in [0.717, 1.165) is 11.0 Å². The summed E-state index contributed by atoms with van der Waals surface area (Å²) in [7, 11) is 1.52. The number of halogens is 1. The number of thiophene rings is 1. The second kappa shape index (κ2) is 7.01. The summed E-state index contributed by atoms with van der Waals surface area (Å²) in [6.45, 7) is 3.77. The lowest BCUT2D eigenvalue weighted by Gasteiger charge is -2.11. The van der Waals surface area contributed by atoms with Crippen molar-refractivity contribution in [1.29, 1.82) is 0 Å². The second-order valence-electron chi connectivity index (χ2n) is 4.28. The molecule has 7 heteroatoms. The summed E-state index contributed by atoms with van der Waals surface area (Å²) >= 11 is 5.12. The van der Waals surface area contributed by atoms with Crippen LogP contribution < -0.4 is 15.6 Å². The fourth-order valence-electron chi connectivity index (χ4n) is 1.81. The molecule has 0 saturated carbocycles. The molecular formula is C13H16BrN3O2S. The van der Waals surface area contributed by atoms with E-state index in [1.807, 2.05) is 0 Å². The molecule has 0 unspecified atom stereocenters. The van der Waals surface area contributed by atoms with Crippen molar-refractivity contribution in [3.8, 4) is 6.01 Å². The zero-order chi connectivity index (χ0) is 14.5. The minimum absolute atomic E-state index is 0.0879. The van der Waals surface area contributed by atoms with Crippen LogP contribution in [0.4, 0.5) is 0 Å². The number of nitrogens with zero attached hydrogens (tertiary/aromatic N) is 2. The first-order valence-corrected chi connectivity index (χ1v) is 7.83. The van der Waals surface area contributed by atoms with Crippen molar-refractivity contribution in [3.63, 3.8) is 0 Å². The van der Waals surface area contributed by atoms with E-state index >= 15 is 0 Å². The van der Waals surface area contributed by atoms with Crippen molar-refractivity contribution < 1.29 is 4.74 Å². The van der Waals surface area contributed by atoms with Crippen molar-refractivity contribution in [2.45, 2.75) is 20.0 Å². The van der Waals surface area contributed by atoms with Gasteiger partial charge >= 0.3 is 0 Å². The predicted octanol–water partition coefficient (Wildman–Crippen LogP) is 2.17. The third-order valence-corrected chi connectivity index (χ3v) is 4.41. The smallest absolute Gasteiger partial charge is 0.299 e. The Hall–Kier alpha value is -1.18. The van der Waals surface area contributed by atoms with E-state index in [1.54, 1.807) is 18.3 Å². The van der Waals surface area contributed by atoms with Gasteiger partial charge in [-0.3, -0.25) is 9.36 Å². The standard InChI is InChI=1S/C13H16BrN3O2S/c1-9-5-12(18)17(13(16-9)19-2)4-3-15-7-11-6-10(14)8-20-11/h5-6,8,15H,3-4,7H2,1-2H3. The maximum absolute atomic E-state index is 11.9. The molecule has 0 radical (unpaired) electrons. The Morgan fingerprint density at radius 2 is 2.30 bits per heavy atom. The molecule has 0 aliphatic carbocycles. The Labute approximate surface area is 129 Å². The van der Waals surface area contributed by atoms with Gasteiger partial charge in [-0.1, -0.05) is 0 Å². The van der Waals surface area contributed by atoms with E-state index in [0.29, 0.717) is 24.8 Å². The fourth-order valence-corrected chi connectivity index (χ4v) is 3.23. The number of aryl methyl sites for hydroxylation is 1. The SMILES string of the molecule is COc1nc(C)cc(=O)n1CCNCc1cc(Br)cs1. The molecule has 1 N–H and O–H groups in total. The topological polar surface area (TPSA) is 56.1 Å². The molecule has 2 aromatic heterocycles. The average molecular weight is 358 g/mol. The molecule has 0 spiro atoms. The van der Waals surface area contributed by atoms with Gasteiger partial charge in [-0.05, 0) is 28.9 Å². The van der Waals surface area contributed by atoms with Gasteiger partial charge in [0.15, 0.2) is 0 Å². The van der Waals surface area contributed by atoms with Crippen molar-refractivity contribution >= 4 is 27.3 Å². The van der Waals surface area contributed by atoms with Gasteiger partial charge in [-0.2, -0.15) is 0 Å². The van der Waals surface area contributed by atoms with Gasteiger partial charge in [-0.25, -0.2) is 4.98 Å². The number of methoxy groups -OCH3 is 1. The molecule has 0 fully saturated rings. The minimum Gasteiger partial charge on any atom is -0.468 e. The van der Waals surface area contributed by atoms with Crippen LogP contribution in [0.2, 0.25) is 0 Å². The summed E-state index contributed by atoms with van der Waals surface area (Å²) in [5.74, 6) is 0. The van der Waals surface area contributed by atoms with Gasteiger partial charge in [0.2, 0.25) is 0 Å². The van der Waals surface area contributed by atoms with Gasteiger partial charge in [0.1, 0.15) is 0 Å². The van der Waals surface area contributed by atoms with Gasteiger partial charge in [0.05, 0.1) is 7.11 Å². The molecule has 0 aliphatic rings. The Bertz CT molecular complexity index is 639. The number of hydrogen-bond donors (Lipinski definition) is 1. The number of hydrogen-bond acceptors (Lipinski definition) is 5. The van der Waals surface area contributed by atoms with Crippen LogP contribution in [-0.2, 0) is 13.1 Å². The van der Waals surface area contributed by atoms with E-state index in [2.05, 4.69) is 37.7 Å². The lowest BCUT2D eigenvalue weighted by molar-refractivity contribution is 0.342. The van der Waals surface area contributed by atoms with Crippen LogP contribution in [-0.4, -0.2) is 23.2 Å². The molecular weight excluding hydrogens is 342 g/mol. The highest BCUT2D eigenvalue weighted by Gasteiger charge is 2.06. The summed E-state index contributed by atoms with van der Waals surface area (Å²) in [5.41, 5.74) is 0.578. The first kappa shape index (κ1) is 15.2. The van der Waals surface area contributed by atoms with Gasteiger partial charge in [0.25, 0.3) is 11.6 Å². The second-order valence-corrected chi connectivity index (χ2v) is 6.19. The predicted molar refractivity (Wildman–Crippen MR) is 83.5 cm³/mol. The monoisotopic (exact) mass is 357 g/mol. The third kappa shape index (κ3) is 3.91. The molecule has 0 aliphatic heterocycles. The van der Waals surface area contributed by atoms with Crippen LogP contribution in [0.25, 0.3) is 0 Å². The van der Waals surface area contributed by atoms with Crippen LogP contribution in [0.3, 0.4) is 0 Å². The minimum atomic E-state index is -0.0879. The molecule has 0 bridgehead atoms. The normalized spacial score (nSPS) is 10.8. The molecule has 20 heavy (non-hydrogen) atoms. The van der Waals surface area contributed by atoms with Crippen molar-refractivity contribution in [3.05, 3.63) is 42.9 Å². The molecule has 0 amide bonds. The quantitative estimate of drug-likeness (QED) is 0.805. The number of rotatable bonds is 6. The van der Waals surface area contributed by atoms with E-state index < -0.39 is 0 Å². The molecule has 108 valence electrons. The molecule has 0 saturated heterocycles. The molecule has 5 nitrogen and oxygen atoms in total.